The number of thioether (sulfide) groups is 1. The van der Waals surface area contributed by atoms with Gasteiger partial charge in [0.15, 0.2) is 0 Å². The third-order valence-corrected chi connectivity index (χ3v) is 2.65. The van der Waals surface area contributed by atoms with Crippen LogP contribution < -0.4 is 0 Å². The van der Waals surface area contributed by atoms with Gasteiger partial charge in [-0.1, -0.05) is 13.3 Å². The number of ether oxygens (including phenoxy) is 2. The molecule has 0 unspecified atom stereocenters. The van der Waals surface area contributed by atoms with Crippen LogP contribution in [-0.2, 0) is 9.47 Å². The van der Waals surface area contributed by atoms with E-state index >= 15 is 0 Å². The molecule has 14 heavy (non-hydrogen) atoms. The zero-order chi connectivity index (χ0) is 10.5. The average molecular weight is 222 g/mol. The molecule has 1 N–H and O–H groups in total. The molecule has 0 aromatic heterocycles. The van der Waals surface area contributed by atoms with Gasteiger partial charge >= 0.3 is 0 Å². The van der Waals surface area contributed by atoms with E-state index in [1.165, 1.54) is 18.6 Å². The van der Waals surface area contributed by atoms with E-state index in [9.17, 15) is 0 Å². The molecule has 3 nitrogen and oxygen atoms in total. The lowest BCUT2D eigenvalue weighted by molar-refractivity contribution is 0.0377. The molecule has 0 aromatic carbocycles. The van der Waals surface area contributed by atoms with Crippen molar-refractivity contribution < 1.29 is 14.6 Å². The smallest absolute Gasteiger partial charge is 0.0701 e. The highest BCUT2D eigenvalue weighted by atomic mass is 32.2. The summed E-state index contributed by atoms with van der Waals surface area (Å²) < 4.78 is 10.4. The molecule has 0 saturated heterocycles. The molecule has 0 amide bonds. The van der Waals surface area contributed by atoms with Gasteiger partial charge in [0.25, 0.3) is 0 Å². The topological polar surface area (TPSA) is 38.7 Å². The second-order valence-corrected chi connectivity index (χ2v) is 4.14. The van der Waals surface area contributed by atoms with Crippen LogP contribution in [0, 0.1) is 0 Å². The number of hydrogen-bond acceptors (Lipinski definition) is 4. The van der Waals surface area contributed by atoms with Crippen LogP contribution in [0.25, 0.3) is 0 Å². The van der Waals surface area contributed by atoms with E-state index in [4.69, 9.17) is 14.6 Å². The number of aliphatic hydroxyl groups excluding tert-OH is 1. The Balaban J connectivity index is 2.78. The van der Waals surface area contributed by atoms with Gasteiger partial charge in [0.05, 0.1) is 33.0 Å². The van der Waals surface area contributed by atoms with Crippen molar-refractivity contribution in [1.82, 2.24) is 0 Å². The van der Waals surface area contributed by atoms with Gasteiger partial charge in [0.1, 0.15) is 0 Å². The lowest BCUT2D eigenvalue weighted by atomic mass is 10.4. The van der Waals surface area contributed by atoms with Crippen LogP contribution in [0.3, 0.4) is 0 Å². The van der Waals surface area contributed by atoms with Crippen LogP contribution in [0.15, 0.2) is 0 Å². The minimum atomic E-state index is 0.0901. The molecule has 0 heterocycles. The summed E-state index contributed by atoms with van der Waals surface area (Å²) in [6.07, 6.45) is 2.56. The number of aliphatic hydroxyl groups is 1. The standard InChI is InChI=1S/C10H22O3S/c1-2-3-9-14-10-8-13-7-6-12-5-4-11/h11H,2-10H2,1H3. The van der Waals surface area contributed by atoms with E-state index in [1.807, 2.05) is 11.8 Å². The third kappa shape index (κ3) is 12.2. The fourth-order valence-corrected chi connectivity index (χ4v) is 1.79. The molecule has 0 fully saturated rings. The van der Waals surface area contributed by atoms with E-state index in [0.717, 1.165) is 12.4 Å². The molecule has 0 aromatic rings. The summed E-state index contributed by atoms with van der Waals surface area (Å²) in [5.74, 6) is 2.31. The molecule has 0 radical (unpaired) electrons. The van der Waals surface area contributed by atoms with Crippen LogP contribution in [0.5, 0.6) is 0 Å². The molecule has 0 atom stereocenters. The van der Waals surface area contributed by atoms with Crippen molar-refractivity contribution >= 4 is 11.8 Å². The Morgan fingerprint density at radius 2 is 1.71 bits per heavy atom. The van der Waals surface area contributed by atoms with Gasteiger partial charge in [0, 0.05) is 5.75 Å². The third-order valence-electron chi connectivity index (χ3n) is 1.62. The number of unbranched alkanes of at least 4 members (excludes halogenated alkanes) is 1. The van der Waals surface area contributed by atoms with Gasteiger partial charge in [-0.2, -0.15) is 11.8 Å². The van der Waals surface area contributed by atoms with Crippen LogP contribution in [0.4, 0.5) is 0 Å². The summed E-state index contributed by atoms with van der Waals surface area (Å²) in [5, 5.41) is 8.42. The lowest BCUT2D eigenvalue weighted by Gasteiger charge is -2.04. The highest BCUT2D eigenvalue weighted by molar-refractivity contribution is 7.99. The van der Waals surface area contributed by atoms with Gasteiger partial charge in [-0.15, -0.1) is 0 Å². The Labute approximate surface area is 91.2 Å². The normalized spacial score (nSPS) is 10.7. The zero-order valence-electron chi connectivity index (χ0n) is 9.04. The molecule has 4 heteroatoms. The van der Waals surface area contributed by atoms with E-state index in [2.05, 4.69) is 6.92 Å². The zero-order valence-corrected chi connectivity index (χ0v) is 9.85. The van der Waals surface area contributed by atoms with Crippen molar-refractivity contribution in [2.24, 2.45) is 0 Å². The maximum absolute atomic E-state index is 8.42. The fraction of sp³-hybridized carbons (Fsp3) is 1.00. The predicted molar refractivity (Wildman–Crippen MR) is 61.0 cm³/mol. The average Bonchev–Trinajstić information content (AvgIpc) is 2.21. The maximum Gasteiger partial charge on any atom is 0.0701 e. The summed E-state index contributed by atoms with van der Waals surface area (Å²) in [7, 11) is 0. The summed E-state index contributed by atoms with van der Waals surface area (Å²) in [4.78, 5) is 0. The summed E-state index contributed by atoms with van der Waals surface area (Å²) in [5.41, 5.74) is 0. The van der Waals surface area contributed by atoms with Gasteiger partial charge < -0.3 is 14.6 Å². The van der Waals surface area contributed by atoms with E-state index in [-0.39, 0.29) is 6.61 Å². The predicted octanol–water partition coefficient (Wildman–Crippen LogP) is 1.55. The van der Waals surface area contributed by atoms with E-state index < -0.39 is 0 Å². The Morgan fingerprint density at radius 3 is 2.36 bits per heavy atom. The first-order valence-corrected chi connectivity index (χ1v) is 6.41. The highest BCUT2D eigenvalue weighted by Crippen LogP contribution is 2.03. The SMILES string of the molecule is CCCCSCCOCCOCCO. The van der Waals surface area contributed by atoms with Crippen molar-refractivity contribution in [2.75, 3.05) is 44.5 Å². The minimum absolute atomic E-state index is 0.0901. The molecule has 0 rings (SSSR count). The number of hydrogen-bond donors (Lipinski definition) is 1. The quantitative estimate of drug-likeness (QED) is 0.538. The first-order chi connectivity index (χ1) is 6.91. The fourth-order valence-electron chi connectivity index (χ4n) is 0.853. The highest BCUT2D eigenvalue weighted by Gasteiger charge is 1.91. The van der Waals surface area contributed by atoms with E-state index in [1.54, 1.807) is 0 Å². The van der Waals surface area contributed by atoms with Crippen molar-refractivity contribution in [3.05, 3.63) is 0 Å². The first kappa shape index (κ1) is 14.2. The van der Waals surface area contributed by atoms with Crippen molar-refractivity contribution in [3.8, 4) is 0 Å². The van der Waals surface area contributed by atoms with Crippen molar-refractivity contribution in [3.63, 3.8) is 0 Å². The molecule has 0 aliphatic rings. The maximum atomic E-state index is 8.42. The molecule has 0 spiro atoms. The molecular formula is C10H22O3S. The summed E-state index contributed by atoms with van der Waals surface area (Å²) >= 11 is 1.94. The van der Waals surface area contributed by atoms with Gasteiger partial charge in [-0.25, -0.2) is 0 Å². The largest absolute Gasteiger partial charge is 0.394 e. The Bertz CT molecular complexity index is 89.4. The van der Waals surface area contributed by atoms with Crippen LogP contribution in [0.2, 0.25) is 0 Å². The lowest BCUT2D eigenvalue weighted by Crippen LogP contribution is -2.08. The monoisotopic (exact) mass is 222 g/mol. The van der Waals surface area contributed by atoms with Crippen LogP contribution in [0.1, 0.15) is 19.8 Å². The molecule has 86 valence electrons. The number of rotatable bonds is 11. The summed E-state index contributed by atoms with van der Waals surface area (Å²) in [6, 6.07) is 0. The van der Waals surface area contributed by atoms with Crippen LogP contribution in [-0.4, -0.2) is 49.6 Å². The van der Waals surface area contributed by atoms with E-state index in [0.29, 0.717) is 19.8 Å². The second-order valence-electron chi connectivity index (χ2n) is 2.91. The van der Waals surface area contributed by atoms with Crippen LogP contribution >= 0.6 is 11.8 Å². The molecule has 0 bridgehead atoms. The minimum Gasteiger partial charge on any atom is -0.394 e. The molecule has 0 aliphatic carbocycles. The molecular weight excluding hydrogens is 200 g/mol. The Kier molecular flexibility index (Phi) is 13.4. The molecule has 0 aliphatic heterocycles. The van der Waals surface area contributed by atoms with Gasteiger partial charge in [0.2, 0.25) is 0 Å². The van der Waals surface area contributed by atoms with Crippen molar-refractivity contribution in [1.29, 1.82) is 0 Å². The molecule has 0 saturated carbocycles. The first-order valence-electron chi connectivity index (χ1n) is 5.26. The Morgan fingerprint density at radius 1 is 1.00 bits per heavy atom. The van der Waals surface area contributed by atoms with Crippen molar-refractivity contribution in [2.45, 2.75) is 19.8 Å². The Hall–Kier alpha value is 0.230. The van der Waals surface area contributed by atoms with Gasteiger partial charge in [-0.05, 0) is 12.2 Å². The van der Waals surface area contributed by atoms with Gasteiger partial charge in [-0.3, -0.25) is 0 Å². The summed E-state index contributed by atoms with van der Waals surface area (Å²) in [6.45, 7) is 4.72. The second kappa shape index (κ2) is 13.2.